The molecule has 1 aromatic rings. The Hall–Kier alpha value is -1.02. The summed E-state index contributed by atoms with van der Waals surface area (Å²) in [6.45, 7) is 6.32. The van der Waals surface area contributed by atoms with Crippen LogP contribution in [0.25, 0.3) is 0 Å². The van der Waals surface area contributed by atoms with Gasteiger partial charge in [0, 0.05) is 11.6 Å². The van der Waals surface area contributed by atoms with Crippen LogP contribution in [0.4, 0.5) is 0 Å². The van der Waals surface area contributed by atoms with Crippen LogP contribution in [0.2, 0.25) is 0 Å². The van der Waals surface area contributed by atoms with E-state index in [4.69, 9.17) is 4.74 Å². The van der Waals surface area contributed by atoms with Crippen molar-refractivity contribution < 1.29 is 4.74 Å². The number of hydrogen-bond donors (Lipinski definition) is 1. The molecule has 1 saturated carbocycles. The second kappa shape index (κ2) is 7.54. The predicted octanol–water partition coefficient (Wildman–Crippen LogP) is 4.32. The Morgan fingerprint density at radius 3 is 2.79 bits per heavy atom. The highest BCUT2D eigenvalue weighted by Crippen LogP contribution is 2.30. The first-order valence-electron chi connectivity index (χ1n) is 7.76. The summed E-state index contributed by atoms with van der Waals surface area (Å²) in [5, 5.41) is 3.53. The topological polar surface area (TPSA) is 21.3 Å². The van der Waals surface area contributed by atoms with E-state index in [9.17, 15) is 0 Å². The maximum Gasteiger partial charge on any atom is 0.124 e. The van der Waals surface area contributed by atoms with Gasteiger partial charge in [-0.3, -0.25) is 0 Å². The zero-order valence-corrected chi connectivity index (χ0v) is 12.3. The molecule has 1 aliphatic carbocycles. The van der Waals surface area contributed by atoms with Gasteiger partial charge in [-0.25, -0.2) is 0 Å². The van der Waals surface area contributed by atoms with E-state index < -0.39 is 0 Å². The van der Waals surface area contributed by atoms with Crippen LogP contribution in [-0.4, -0.2) is 13.2 Å². The maximum absolute atomic E-state index is 6.00. The number of hydrogen-bond acceptors (Lipinski definition) is 2. The summed E-state index contributed by atoms with van der Waals surface area (Å²) >= 11 is 0. The molecule has 0 amide bonds. The van der Waals surface area contributed by atoms with Crippen LogP contribution >= 0.6 is 0 Å². The van der Waals surface area contributed by atoms with Crippen LogP contribution in [0.3, 0.4) is 0 Å². The Morgan fingerprint density at radius 2 is 2.11 bits per heavy atom. The summed E-state index contributed by atoms with van der Waals surface area (Å²) in [5.74, 6) is 1.97. The molecular formula is C17H27NO. The van der Waals surface area contributed by atoms with Gasteiger partial charge in [-0.05, 0) is 38.3 Å². The zero-order chi connectivity index (χ0) is 13.5. The fourth-order valence-electron chi connectivity index (χ4n) is 2.56. The molecule has 0 heterocycles. The third-order valence-corrected chi connectivity index (χ3v) is 4.09. The number of para-hydroxylation sites is 1. The second-order valence-corrected chi connectivity index (χ2v) is 5.65. The molecule has 2 nitrogen and oxygen atoms in total. The van der Waals surface area contributed by atoms with Crippen molar-refractivity contribution >= 4 is 0 Å². The Balaban J connectivity index is 1.87. The molecule has 2 rings (SSSR count). The molecule has 0 bridgehead atoms. The molecule has 1 atom stereocenters. The summed E-state index contributed by atoms with van der Waals surface area (Å²) in [7, 11) is 0. The van der Waals surface area contributed by atoms with E-state index in [1.165, 1.54) is 31.2 Å². The van der Waals surface area contributed by atoms with Crippen molar-refractivity contribution in [2.24, 2.45) is 5.92 Å². The summed E-state index contributed by atoms with van der Waals surface area (Å²) < 4.78 is 6.00. The first-order chi connectivity index (χ1) is 9.31. The lowest BCUT2D eigenvalue weighted by Crippen LogP contribution is -2.20. The summed E-state index contributed by atoms with van der Waals surface area (Å²) in [5.41, 5.74) is 1.28. The van der Waals surface area contributed by atoms with E-state index in [2.05, 4.69) is 43.4 Å². The van der Waals surface area contributed by atoms with Crippen LogP contribution in [0.1, 0.15) is 57.6 Å². The van der Waals surface area contributed by atoms with E-state index in [1.807, 2.05) is 0 Å². The van der Waals surface area contributed by atoms with Crippen LogP contribution in [0, 0.1) is 5.92 Å². The van der Waals surface area contributed by atoms with Gasteiger partial charge in [-0.15, -0.1) is 0 Å². The quantitative estimate of drug-likeness (QED) is 0.752. The number of nitrogens with one attached hydrogen (secondary N) is 1. The predicted molar refractivity (Wildman–Crippen MR) is 80.6 cm³/mol. The summed E-state index contributed by atoms with van der Waals surface area (Å²) in [6.07, 6.45) is 6.60. The van der Waals surface area contributed by atoms with E-state index in [0.29, 0.717) is 6.04 Å². The van der Waals surface area contributed by atoms with Gasteiger partial charge in [-0.2, -0.15) is 0 Å². The van der Waals surface area contributed by atoms with Crippen LogP contribution in [0.15, 0.2) is 24.3 Å². The molecule has 106 valence electrons. The molecule has 1 aliphatic rings. The van der Waals surface area contributed by atoms with E-state index >= 15 is 0 Å². The maximum atomic E-state index is 6.00. The number of rotatable bonds is 8. The molecule has 0 aromatic heterocycles. The second-order valence-electron chi connectivity index (χ2n) is 5.65. The molecule has 0 spiro atoms. The molecule has 0 aliphatic heterocycles. The molecule has 1 N–H and O–H groups in total. The van der Waals surface area contributed by atoms with Crippen molar-refractivity contribution in [3.05, 3.63) is 29.8 Å². The highest BCUT2D eigenvalue weighted by atomic mass is 16.5. The van der Waals surface area contributed by atoms with Crippen molar-refractivity contribution in [1.29, 1.82) is 0 Å². The van der Waals surface area contributed by atoms with E-state index in [0.717, 1.165) is 31.2 Å². The minimum atomic E-state index is 0.361. The van der Waals surface area contributed by atoms with Crippen molar-refractivity contribution in [3.63, 3.8) is 0 Å². The summed E-state index contributed by atoms with van der Waals surface area (Å²) in [4.78, 5) is 0. The van der Waals surface area contributed by atoms with Gasteiger partial charge in [0.15, 0.2) is 0 Å². The largest absolute Gasteiger partial charge is 0.493 e. The molecule has 1 aromatic carbocycles. The zero-order valence-electron chi connectivity index (χ0n) is 12.3. The van der Waals surface area contributed by atoms with Gasteiger partial charge in [0.1, 0.15) is 5.75 Å². The smallest absolute Gasteiger partial charge is 0.124 e. The molecule has 2 heteroatoms. The molecule has 0 radical (unpaired) electrons. The minimum Gasteiger partial charge on any atom is -0.493 e. The molecule has 0 saturated heterocycles. The lowest BCUT2D eigenvalue weighted by molar-refractivity contribution is 0.220. The normalized spacial score (nSPS) is 16.9. The molecule has 1 unspecified atom stereocenters. The Labute approximate surface area is 117 Å². The van der Waals surface area contributed by atoms with Gasteiger partial charge in [0.25, 0.3) is 0 Å². The number of benzene rings is 1. The van der Waals surface area contributed by atoms with E-state index in [1.54, 1.807) is 0 Å². The lowest BCUT2D eigenvalue weighted by Gasteiger charge is -2.25. The molecule has 1 fully saturated rings. The van der Waals surface area contributed by atoms with Gasteiger partial charge in [-0.1, -0.05) is 44.4 Å². The highest BCUT2D eigenvalue weighted by Gasteiger charge is 2.17. The SMILES string of the molecule is CCCNC(C)c1ccccc1OCCC1CCC1. The lowest BCUT2D eigenvalue weighted by atomic mass is 9.83. The first-order valence-corrected chi connectivity index (χ1v) is 7.76. The average molecular weight is 261 g/mol. The fourth-order valence-corrected chi connectivity index (χ4v) is 2.56. The van der Waals surface area contributed by atoms with E-state index in [-0.39, 0.29) is 0 Å². The van der Waals surface area contributed by atoms with Gasteiger partial charge in [0.2, 0.25) is 0 Å². The van der Waals surface area contributed by atoms with Gasteiger partial charge in [0.05, 0.1) is 6.61 Å². The monoisotopic (exact) mass is 261 g/mol. The Bertz CT molecular complexity index is 373. The fraction of sp³-hybridized carbons (Fsp3) is 0.647. The minimum absolute atomic E-state index is 0.361. The highest BCUT2D eigenvalue weighted by molar-refractivity contribution is 5.35. The third kappa shape index (κ3) is 4.24. The summed E-state index contributed by atoms with van der Waals surface area (Å²) in [6, 6.07) is 8.79. The van der Waals surface area contributed by atoms with Crippen LogP contribution < -0.4 is 10.1 Å². The molecule has 19 heavy (non-hydrogen) atoms. The van der Waals surface area contributed by atoms with Crippen molar-refractivity contribution in [1.82, 2.24) is 5.32 Å². The van der Waals surface area contributed by atoms with Crippen molar-refractivity contribution in [3.8, 4) is 5.75 Å². The molecular weight excluding hydrogens is 234 g/mol. The standard InChI is InChI=1S/C17H27NO/c1-3-12-18-14(2)16-9-4-5-10-17(16)19-13-11-15-7-6-8-15/h4-5,9-10,14-15,18H,3,6-8,11-13H2,1-2H3. The van der Waals surface area contributed by atoms with Gasteiger partial charge >= 0.3 is 0 Å². The number of ether oxygens (including phenoxy) is 1. The van der Waals surface area contributed by atoms with Crippen LogP contribution in [-0.2, 0) is 0 Å². The van der Waals surface area contributed by atoms with Crippen molar-refractivity contribution in [2.45, 2.75) is 52.0 Å². The first kappa shape index (κ1) is 14.4. The third-order valence-electron chi connectivity index (χ3n) is 4.09. The Kier molecular flexibility index (Phi) is 5.71. The Morgan fingerprint density at radius 1 is 1.32 bits per heavy atom. The van der Waals surface area contributed by atoms with Crippen molar-refractivity contribution in [2.75, 3.05) is 13.2 Å². The van der Waals surface area contributed by atoms with Crippen LogP contribution in [0.5, 0.6) is 5.75 Å². The van der Waals surface area contributed by atoms with Gasteiger partial charge < -0.3 is 10.1 Å². The average Bonchev–Trinajstić information content (AvgIpc) is 2.39.